The third-order valence-electron chi connectivity index (χ3n) is 11.9. The maximum Gasteiger partial charge on any atom is 0.0710 e. The Morgan fingerprint density at radius 2 is 1.12 bits per heavy atom. The fourth-order valence-corrected chi connectivity index (χ4v) is 9.15. The molecule has 0 N–H and O–H groups in total. The van der Waals surface area contributed by atoms with Crippen LogP contribution in [0.2, 0.25) is 0 Å². The molecular formula is C53H37N3. The predicted molar refractivity (Wildman–Crippen MR) is 233 cm³/mol. The average molecular weight is 716 g/mol. The maximum atomic E-state index is 5.05. The Bertz CT molecular complexity index is 3140. The van der Waals surface area contributed by atoms with E-state index in [-0.39, 0.29) is 5.41 Å². The average Bonchev–Trinajstić information content (AvgIpc) is 3.71. The summed E-state index contributed by atoms with van der Waals surface area (Å²) in [7, 11) is 0. The Morgan fingerprint density at radius 3 is 1.91 bits per heavy atom. The first-order valence-electron chi connectivity index (χ1n) is 19.3. The largest absolute Gasteiger partial charge is 0.309 e. The van der Waals surface area contributed by atoms with Gasteiger partial charge in [0.25, 0.3) is 0 Å². The van der Waals surface area contributed by atoms with Crippen molar-refractivity contribution >= 4 is 32.4 Å². The first kappa shape index (κ1) is 32.3. The monoisotopic (exact) mass is 715 g/mol. The van der Waals surface area contributed by atoms with E-state index in [0.717, 1.165) is 22.5 Å². The molecule has 0 atom stereocenters. The molecule has 0 saturated heterocycles. The summed E-state index contributed by atoms with van der Waals surface area (Å²) in [5.74, 6) is 0. The van der Waals surface area contributed by atoms with Gasteiger partial charge in [-0.05, 0) is 110 Å². The molecule has 10 aromatic rings. The van der Waals surface area contributed by atoms with E-state index in [0.29, 0.717) is 0 Å². The molecule has 0 bridgehead atoms. The highest BCUT2D eigenvalue weighted by Gasteiger charge is 2.35. The van der Waals surface area contributed by atoms with E-state index < -0.39 is 0 Å². The molecule has 264 valence electrons. The molecule has 3 aromatic heterocycles. The Labute approximate surface area is 326 Å². The van der Waals surface area contributed by atoms with Crippen LogP contribution in [0.25, 0.3) is 94.2 Å². The number of benzene rings is 7. The second-order valence-corrected chi connectivity index (χ2v) is 15.4. The fraction of sp³-hybridized carbons (Fsp3) is 0.0566. The summed E-state index contributed by atoms with van der Waals surface area (Å²) in [6.45, 7) is 4.72. The minimum absolute atomic E-state index is 0.111. The number of pyridine rings is 2. The summed E-state index contributed by atoms with van der Waals surface area (Å²) in [5, 5.41) is 6.09. The summed E-state index contributed by atoms with van der Waals surface area (Å²) >= 11 is 0. The van der Waals surface area contributed by atoms with Crippen LogP contribution in [-0.2, 0) is 5.41 Å². The second-order valence-electron chi connectivity index (χ2n) is 15.4. The quantitative estimate of drug-likeness (QED) is 0.166. The van der Waals surface area contributed by atoms with Crippen molar-refractivity contribution in [3.63, 3.8) is 0 Å². The van der Waals surface area contributed by atoms with Crippen LogP contribution in [0.15, 0.2) is 188 Å². The predicted octanol–water partition coefficient (Wildman–Crippen LogP) is 13.7. The first-order valence-corrected chi connectivity index (χ1v) is 19.3. The molecule has 56 heavy (non-hydrogen) atoms. The van der Waals surface area contributed by atoms with Crippen molar-refractivity contribution in [1.29, 1.82) is 0 Å². The van der Waals surface area contributed by atoms with Crippen LogP contribution in [-0.4, -0.2) is 14.5 Å². The maximum absolute atomic E-state index is 5.05. The van der Waals surface area contributed by atoms with E-state index in [2.05, 4.69) is 187 Å². The van der Waals surface area contributed by atoms with Gasteiger partial charge in [0.2, 0.25) is 0 Å². The number of fused-ring (bicyclic) bond motifs is 7. The van der Waals surface area contributed by atoms with Crippen molar-refractivity contribution in [2.24, 2.45) is 0 Å². The van der Waals surface area contributed by atoms with E-state index in [1.807, 2.05) is 24.5 Å². The molecule has 0 amide bonds. The number of nitrogens with zero attached hydrogens (tertiary/aromatic N) is 3. The lowest BCUT2D eigenvalue weighted by Gasteiger charge is -2.22. The van der Waals surface area contributed by atoms with Gasteiger partial charge in [0.15, 0.2) is 0 Å². The van der Waals surface area contributed by atoms with Crippen molar-refractivity contribution in [3.05, 3.63) is 199 Å². The summed E-state index contributed by atoms with van der Waals surface area (Å²) in [6, 6.07) is 64.2. The molecule has 0 aliphatic heterocycles. The van der Waals surface area contributed by atoms with Gasteiger partial charge in [-0.2, -0.15) is 0 Å². The molecule has 1 aliphatic carbocycles. The SMILES string of the molecule is CC1(C)c2ccccc2-c2ccc(-n3c(-c4ccccc4)c(-c4ccccc4)c4cc5c(ccc6cc(-c7cccc(-c8ccncc8)n7)ccc65)cc43)cc21. The number of hydrogen-bond donors (Lipinski definition) is 0. The van der Waals surface area contributed by atoms with Crippen LogP contribution < -0.4 is 0 Å². The van der Waals surface area contributed by atoms with Crippen molar-refractivity contribution in [2.45, 2.75) is 19.3 Å². The zero-order chi connectivity index (χ0) is 37.4. The van der Waals surface area contributed by atoms with E-state index in [9.17, 15) is 0 Å². The van der Waals surface area contributed by atoms with Gasteiger partial charge in [-0.1, -0.05) is 135 Å². The molecule has 0 spiro atoms. The Morgan fingerprint density at radius 1 is 0.446 bits per heavy atom. The lowest BCUT2D eigenvalue weighted by atomic mass is 9.82. The molecule has 3 nitrogen and oxygen atoms in total. The summed E-state index contributed by atoms with van der Waals surface area (Å²) in [5.41, 5.74) is 16.5. The minimum atomic E-state index is -0.111. The molecule has 0 fully saturated rings. The third kappa shape index (κ3) is 4.98. The van der Waals surface area contributed by atoms with Gasteiger partial charge in [0.1, 0.15) is 0 Å². The van der Waals surface area contributed by atoms with Crippen LogP contribution in [0, 0.1) is 0 Å². The van der Waals surface area contributed by atoms with Crippen molar-refractivity contribution in [1.82, 2.24) is 14.5 Å². The van der Waals surface area contributed by atoms with Crippen LogP contribution in [0.5, 0.6) is 0 Å². The lowest BCUT2D eigenvalue weighted by molar-refractivity contribution is 0.660. The van der Waals surface area contributed by atoms with Crippen molar-refractivity contribution in [3.8, 4) is 61.7 Å². The lowest BCUT2D eigenvalue weighted by Crippen LogP contribution is -2.15. The highest BCUT2D eigenvalue weighted by atomic mass is 15.0. The molecule has 0 saturated carbocycles. The number of rotatable bonds is 5. The number of aromatic nitrogens is 3. The van der Waals surface area contributed by atoms with Crippen molar-refractivity contribution < 1.29 is 0 Å². The van der Waals surface area contributed by atoms with Gasteiger partial charge in [-0.15, -0.1) is 0 Å². The smallest absolute Gasteiger partial charge is 0.0710 e. The molecule has 11 rings (SSSR count). The zero-order valence-corrected chi connectivity index (χ0v) is 31.2. The van der Waals surface area contributed by atoms with Gasteiger partial charge < -0.3 is 4.57 Å². The highest BCUT2D eigenvalue weighted by Crippen LogP contribution is 2.51. The second kappa shape index (κ2) is 12.5. The fourth-order valence-electron chi connectivity index (χ4n) is 9.15. The molecule has 3 heteroatoms. The summed E-state index contributed by atoms with van der Waals surface area (Å²) < 4.78 is 2.51. The highest BCUT2D eigenvalue weighted by molar-refractivity contribution is 6.17. The van der Waals surface area contributed by atoms with Crippen LogP contribution in [0.1, 0.15) is 25.0 Å². The van der Waals surface area contributed by atoms with Gasteiger partial charge in [-0.25, -0.2) is 4.98 Å². The standard InChI is InChI=1S/C53H37N3/c1-53(2)46-17-10-9-16-42(46)43-25-23-40(32-47(43)53)56-50-31-38-21-20-37-30-39(49-19-11-18-48(55-49)34-26-28-54-29-27-34)22-24-41(37)44(38)33-45(50)51(35-12-5-3-6-13-35)52(56)36-14-7-4-8-15-36/h3-33H,1-2H3. The van der Waals surface area contributed by atoms with E-state index >= 15 is 0 Å². The van der Waals surface area contributed by atoms with Gasteiger partial charge in [-0.3, -0.25) is 4.98 Å². The molecule has 0 unspecified atom stereocenters. The van der Waals surface area contributed by atoms with E-state index in [1.54, 1.807) is 0 Å². The molecule has 1 aliphatic rings. The minimum Gasteiger partial charge on any atom is -0.309 e. The first-order chi connectivity index (χ1) is 27.5. The molecule has 7 aromatic carbocycles. The summed E-state index contributed by atoms with van der Waals surface area (Å²) in [6.07, 6.45) is 3.63. The third-order valence-corrected chi connectivity index (χ3v) is 11.9. The van der Waals surface area contributed by atoms with E-state index in [1.165, 1.54) is 82.8 Å². The summed E-state index contributed by atoms with van der Waals surface area (Å²) in [4.78, 5) is 9.23. The Kier molecular flexibility index (Phi) is 7.20. The van der Waals surface area contributed by atoms with Gasteiger partial charge >= 0.3 is 0 Å². The number of hydrogen-bond acceptors (Lipinski definition) is 2. The zero-order valence-electron chi connectivity index (χ0n) is 31.2. The normalized spacial score (nSPS) is 13.0. The molecule has 3 heterocycles. The molecule has 0 radical (unpaired) electrons. The van der Waals surface area contributed by atoms with Crippen molar-refractivity contribution in [2.75, 3.05) is 0 Å². The van der Waals surface area contributed by atoms with Gasteiger partial charge in [0, 0.05) is 45.6 Å². The van der Waals surface area contributed by atoms with Crippen LogP contribution in [0.3, 0.4) is 0 Å². The van der Waals surface area contributed by atoms with Crippen LogP contribution >= 0.6 is 0 Å². The Hall–Kier alpha value is -7.10. The van der Waals surface area contributed by atoms with Gasteiger partial charge in [0.05, 0.1) is 22.6 Å². The van der Waals surface area contributed by atoms with Crippen LogP contribution in [0.4, 0.5) is 0 Å². The Balaban J connectivity index is 1.16. The van der Waals surface area contributed by atoms with E-state index in [4.69, 9.17) is 4.98 Å². The topological polar surface area (TPSA) is 30.7 Å². The molecular weight excluding hydrogens is 679 g/mol.